The van der Waals surface area contributed by atoms with Gasteiger partial charge < -0.3 is 10.1 Å². The zero-order chi connectivity index (χ0) is 18.2. The summed E-state index contributed by atoms with van der Waals surface area (Å²) in [6, 6.07) is 18.9. The maximum absolute atomic E-state index is 12.1. The predicted octanol–water partition coefficient (Wildman–Crippen LogP) is 4.17. The van der Waals surface area contributed by atoms with Crippen LogP contribution in [0.3, 0.4) is 0 Å². The van der Waals surface area contributed by atoms with Gasteiger partial charge in [0.1, 0.15) is 12.4 Å². The minimum atomic E-state index is -0.0602. The molecule has 1 amide bonds. The highest BCUT2D eigenvalue weighted by Crippen LogP contribution is 2.16. The van der Waals surface area contributed by atoms with Crippen LogP contribution in [0.25, 0.3) is 0 Å². The van der Waals surface area contributed by atoms with Crippen molar-refractivity contribution >= 4 is 17.5 Å². The van der Waals surface area contributed by atoms with Gasteiger partial charge in [0.15, 0.2) is 0 Å². The molecule has 5 heteroatoms. The van der Waals surface area contributed by atoms with Crippen LogP contribution in [-0.4, -0.2) is 10.9 Å². The highest BCUT2D eigenvalue weighted by Gasteiger charge is 2.06. The molecule has 0 spiro atoms. The van der Waals surface area contributed by atoms with E-state index in [9.17, 15) is 4.79 Å². The molecule has 0 aliphatic rings. The van der Waals surface area contributed by atoms with Gasteiger partial charge in [0.2, 0.25) is 5.91 Å². The molecule has 0 bridgehead atoms. The van der Waals surface area contributed by atoms with Crippen molar-refractivity contribution < 1.29 is 9.53 Å². The molecule has 0 radical (unpaired) electrons. The van der Waals surface area contributed by atoms with Crippen LogP contribution in [0.5, 0.6) is 5.75 Å². The van der Waals surface area contributed by atoms with Gasteiger partial charge in [-0.1, -0.05) is 48.0 Å². The first-order chi connectivity index (χ1) is 12.7. The van der Waals surface area contributed by atoms with Crippen LogP contribution in [0.1, 0.15) is 16.7 Å². The summed E-state index contributed by atoms with van der Waals surface area (Å²) in [5, 5.41) is 3.51. The molecule has 3 aromatic rings. The van der Waals surface area contributed by atoms with Crippen molar-refractivity contribution in [2.75, 3.05) is 0 Å². The normalized spacial score (nSPS) is 10.3. The van der Waals surface area contributed by atoms with Gasteiger partial charge in [-0.2, -0.15) is 0 Å². The molecule has 0 unspecified atom stereocenters. The summed E-state index contributed by atoms with van der Waals surface area (Å²) < 4.78 is 5.72. The SMILES string of the molecule is O=C(Cc1ccccc1Cl)NCc1ccc(OCc2cccnc2)cc1. The topological polar surface area (TPSA) is 51.2 Å². The highest BCUT2D eigenvalue weighted by atomic mass is 35.5. The number of benzene rings is 2. The van der Waals surface area contributed by atoms with E-state index in [1.54, 1.807) is 18.5 Å². The molecular formula is C21H19ClN2O2. The molecule has 2 aromatic carbocycles. The van der Waals surface area contributed by atoms with E-state index in [0.29, 0.717) is 18.2 Å². The minimum absolute atomic E-state index is 0.0602. The number of amides is 1. The number of nitrogens with zero attached hydrogens (tertiary/aromatic N) is 1. The number of halogens is 1. The summed E-state index contributed by atoms with van der Waals surface area (Å²) in [4.78, 5) is 16.1. The third kappa shape index (κ3) is 5.33. The second-order valence-electron chi connectivity index (χ2n) is 5.84. The summed E-state index contributed by atoms with van der Waals surface area (Å²) in [6.07, 6.45) is 3.78. The van der Waals surface area contributed by atoms with E-state index >= 15 is 0 Å². The molecule has 0 aliphatic carbocycles. The van der Waals surface area contributed by atoms with Crippen molar-refractivity contribution in [1.29, 1.82) is 0 Å². The number of carbonyl (C=O) groups is 1. The monoisotopic (exact) mass is 366 g/mol. The smallest absolute Gasteiger partial charge is 0.224 e. The third-order valence-corrected chi connectivity index (χ3v) is 4.22. The fraction of sp³-hybridized carbons (Fsp3) is 0.143. The summed E-state index contributed by atoms with van der Waals surface area (Å²) in [5.41, 5.74) is 2.85. The Morgan fingerprint density at radius 1 is 1.00 bits per heavy atom. The van der Waals surface area contributed by atoms with Crippen molar-refractivity contribution in [3.63, 3.8) is 0 Å². The lowest BCUT2D eigenvalue weighted by molar-refractivity contribution is -0.120. The number of hydrogen-bond donors (Lipinski definition) is 1. The maximum atomic E-state index is 12.1. The number of nitrogens with one attached hydrogen (secondary N) is 1. The highest BCUT2D eigenvalue weighted by molar-refractivity contribution is 6.31. The van der Waals surface area contributed by atoms with Gasteiger partial charge in [0.05, 0.1) is 6.42 Å². The first-order valence-corrected chi connectivity index (χ1v) is 8.69. The number of hydrogen-bond acceptors (Lipinski definition) is 3. The van der Waals surface area contributed by atoms with Crippen LogP contribution in [0.4, 0.5) is 0 Å². The third-order valence-electron chi connectivity index (χ3n) is 3.85. The summed E-state index contributed by atoms with van der Waals surface area (Å²) in [6.45, 7) is 0.938. The van der Waals surface area contributed by atoms with Gasteiger partial charge in [-0.15, -0.1) is 0 Å². The van der Waals surface area contributed by atoms with E-state index in [1.165, 1.54) is 0 Å². The lowest BCUT2D eigenvalue weighted by Gasteiger charge is -2.09. The zero-order valence-electron chi connectivity index (χ0n) is 14.2. The predicted molar refractivity (Wildman–Crippen MR) is 102 cm³/mol. The average Bonchev–Trinajstić information content (AvgIpc) is 2.68. The van der Waals surface area contributed by atoms with Crippen molar-refractivity contribution in [3.8, 4) is 5.75 Å². The summed E-state index contributed by atoms with van der Waals surface area (Å²) in [7, 11) is 0. The van der Waals surface area contributed by atoms with Gasteiger partial charge in [-0.25, -0.2) is 0 Å². The van der Waals surface area contributed by atoms with E-state index in [2.05, 4.69) is 10.3 Å². The Morgan fingerprint density at radius 2 is 1.81 bits per heavy atom. The Kier molecular flexibility index (Phi) is 6.23. The zero-order valence-corrected chi connectivity index (χ0v) is 14.9. The molecule has 1 aromatic heterocycles. The molecule has 26 heavy (non-hydrogen) atoms. The Labute approximate surface area is 157 Å². The van der Waals surface area contributed by atoms with Crippen LogP contribution in [0.2, 0.25) is 5.02 Å². The number of carbonyl (C=O) groups excluding carboxylic acids is 1. The Bertz CT molecular complexity index is 851. The van der Waals surface area contributed by atoms with E-state index in [-0.39, 0.29) is 12.3 Å². The quantitative estimate of drug-likeness (QED) is 0.682. The minimum Gasteiger partial charge on any atom is -0.489 e. The lowest BCUT2D eigenvalue weighted by atomic mass is 10.1. The molecule has 4 nitrogen and oxygen atoms in total. The summed E-state index contributed by atoms with van der Waals surface area (Å²) >= 11 is 6.08. The molecule has 0 saturated carbocycles. The average molecular weight is 367 g/mol. The molecule has 1 N–H and O–H groups in total. The van der Waals surface area contributed by atoms with E-state index in [4.69, 9.17) is 16.3 Å². The molecule has 3 rings (SSSR count). The molecule has 0 fully saturated rings. The van der Waals surface area contributed by atoms with Gasteiger partial charge in [0.25, 0.3) is 0 Å². The van der Waals surface area contributed by atoms with Crippen LogP contribution in [0, 0.1) is 0 Å². The van der Waals surface area contributed by atoms with Crippen LogP contribution >= 0.6 is 11.6 Å². The molecule has 0 aliphatic heterocycles. The van der Waals surface area contributed by atoms with Crippen LogP contribution in [0.15, 0.2) is 73.1 Å². The Balaban J connectivity index is 1.46. The molecular weight excluding hydrogens is 348 g/mol. The molecule has 0 saturated heterocycles. The van der Waals surface area contributed by atoms with Crippen LogP contribution < -0.4 is 10.1 Å². The second-order valence-corrected chi connectivity index (χ2v) is 6.25. The van der Waals surface area contributed by atoms with Gasteiger partial charge in [-0.05, 0) is 35.4 Å². The number of rotatable bonds is 7. The Morgan fingerprint density at radius 3 is 2.54 bits per heavy atom. The number of pyridine rings is 1. The second kappa shape index (κ2) is 9.02. The fourth-order valence-electron chi connectivity index (χ4n) is 2.43. The van der Waals surface area contributed by atoms with Gasteiger partial charge in [-0.3, -0.25) is 9.78 Å². The van der Waals surface area contributed by atoms with Crippen molar-refractivity contribution in [1.82, 2.24) is 10.3 Å². The standard InChI is InChI=1S/C21H19ClN2O2/c22-20-6-2-1-5-18(20)12-21(25)24-14-16-7-9-19(10-8-16)26-15-17-4-3-11-23-13-17/h1-11,13H,12,14-15H2,(H,24,25). The first kappa shape index (κ1) is 18.0. The molecule has 0 atom stereocenters. The van der Waals surface area contributed by atoms with E-state index in [1.807, 2.05) is 54.6 Å². The fourth-order valence-corrected chi connectivity index (χ4v) is 2.63. The van der Waals surface area contributed by atoms with E-state index < -0.39 is 0 Å². The van der Waals surface area contributed by atoms with Crippen molar-refractivity contribution in [2.24, 2.45) is 0 Å². The molecule has 1 heterocycles. The molecule has 132 valence electrons. The van der Waals surface area contributed by atoms with Crippen LogP contribution in [-0.2, 0) is 24.4 Å². The summed E-state index contributed by atoms with van der Waals surface area (Å²) in [5.74, 6) is 0.718. The lowest BCUT2D eigenvalue weighted by Crippen LogP contribution is -2.24. The van der Waals surface area contributed by atoms with Gasteiger partial charge >= 0.3 is 0 Å². The number of ether oxygens (including phenoxy) is 1. The largest absolute Gasteiger partial charge is 0.489 e. The first-order valence-electron chi connectivity index (χ1n) is 8.31. The maximum Gasteiger partial charge on any atom is 0.224 e. The van der Waals surface area contributed by atoms with Gasteiger partial charge in [0, 0.05) is 29.5 Å². The van der Waals surface area contributed by atoms with E-state index in [0.717, 1.165) is 22.4 Å². The number of aromatic nitrogens is 1. The van der Waals surface area contributed by atoms with Crippen molar-refractivity contribution in [2.45, 2.75) is 19.6 Å². The van der Waals surface area contributed by atoms with Crippen molar-refractivity contribution in [3.05, 3.63) is 94.8 Å². The Hall–Kier alpha value is -2.85.